The summed E-state index contributed by atoms with van der Waals surface area (Å²) < 4.78 is 0. The largest absolute Gasteiger partial charge is 0.341 e. The van der Waals surface area contributed by atoms with Crippen LogP contribution < -0.4 is 5.73 Å². The molecule has 5 heteroatoms. The quantitative estimate of drug-likeness (QED) is 0.795. The van der Waals surface area contributed by atoms with E-state index in [-0.39, 0.29) is 23.8 Å². The Kier molecular flexibility index (Phi) is 5.14. The lowest BCUT2D eigenvalue weighted by atomic mass is 10.00. The molecule has 0 aromatic heterocycles. The average Bonchev–Trinajstić information content (AvgIpc) is 2.35. The van der Waals surface area contributed by atoms with Gasteiger partial charge in [0.25, 0.3) is 0 Å². The third kappa shape index (κ3) is 3.45. The molecule has 0 aromatic rings. The first-order valence-corrected chi connectivity index (χ1v) is 6.62. The minimum absolute atomic E-state index is 0.00616. The molecule has 0 spiro atoms. The van der Waals surface area contributed by atoms with E-state index in [9.17, 15) is 9.59 Å². The molecule has 5 nitrogen and oxygen atoms in total. The summed E-state index contributed by atoms with van der Waals surface area (Å²) >= 11 is 0. The zero-order valence-electron chi connectivity index (χ0n) is 11.8. The van der Waals surface area contributed by atoms with Crippen molar-refractivity contribution < 1.29 is 9.59 Å². The van der Waals surface area contributed by atoms with Crippen molar-refractivity contribution >= 4 is 11.8 Å². The summed E-state index contributed by atoms with van der Waals surface area (Å²) in [5.74, 6) is 0.192. The van der Waals surface area contributed by atoms with Gasteiger partial charge in [-0.2, -0.15) is 0 Å². The molecule has 18 heavy (non-hydrogen) atoms. The number of hydrogen-bond donors (Lipinski definition) is 1. The molecule has 0 aromatic carbocycles. The molecule has 1 fully saturated rings. The molecule has 0 unspecified atom stereocenters. The normalized spacial score (nSPS) is 21.9. The first kappa shape index (κ1) is 15.0. The molecule has 0 saturated carbocycles. The van der Waals surface area contributed by atoms with Crippen LogP contribution in [0.2, 0.25) is 0 Å². The van der Waals surface area contributed by atoms with Crippen LogP contribution in [0, 0.1) is 5.92 Å². The summed E-state index contributed by atoms with van der Waals surface area (Å²) in [5, 5.41) is 0. The molecule has 104 valence electrons. The van der Waals surface area contributed by atoms with Crippen LogP contribution in [-0.2, 0) is 9.59 Å². The standard InChI is InChI=1S/C13H25N3O2/c1-9(2)12(14)13(18)16-7-5-6-11(8-16)15(4)10(3)17/h9,11-12H,5-8,14H2,1-4H3/t11-,12-/m0/s1. The predicted molar refractivity (Wildman–Crippen MR) is 70.9 cm³/mol. The van der Waals surface area contributed by atoms with Crippen molar-refractivity contribution in [3.05, 3.63) is 0 Å². The number of likely N-dealkylation sites (tertiary alicyclic amines) is 1. The smallest absolute Gasteiger partial charge is 0.239 e. The highest BCUT2D eigenvalue weighted by atomic mass is 16.2. The van der Waals surface area contributed by atoms with Gasteiger partial charge in [-0.1, -0.05) is 13.8 Å². The van der Waals surface area contributed by atoms with Gasteiger partial charge in [0, 0.05) is 33.1 Å². The highest BCUT2D eigenvalue weighted by molar-refractivity contribution is 5.82. The highest BCUT2D eigenvalue weighted by Crippen LogP contribution is 2.16. The van der Waals surface area contributed by atoms with Gasteiger partial charge in [-0.25, -0.2) is 0 Å². The van der Waals surface area contributed by atoms with Gasteiger partial charge in [-0.05, 0) is 18.8 Å². The molecular weight excluding hydrogens is 230 g/mol. The van der Waals surface area contributed by atoms with E-state index in [0.29, 0.717) is 6.54 Å². The summed E-state index contributed by atoms with van der Waals surface area (Å²) in [7, 11) is 1.79. The molecule has 0 bridgehead atoms. The van der Waals surface area contributed by atoms with Gasteiger partial charge in [0.15, 0.2) is 0 Å². The number of nitrogens with two attached hydrogens (primary N) is 1. The van der Waals surface area contributed by atoms with Crippen LogP contribution in [0.4, 0.5) is 0 Å². The third-order valence-corrected chi connectivity index (χ3v) is 3.76. The lowest BCUT2D eigenvalue weighted by Crippen LogP contribution is -2.54. The molecule has 2 N–H and O–H groups in total. The second-order valence-corrected chi connectivity index (χ2v) is 5.48. The van der Waals surface area contributed by atoms with Crippen LogP contribution in [0.3, 0.4) is 0 Å². The summed E-state index contributed by atoms with van der Waals surface area (Å²) in [6.07, 6.45) is 1.88. The number of amides is 2. The Balaban J connectivity index is 2.64. The fraction of sp³-hybridized carbons (Fsp3) is 0.846. The van der Waals surface area contributed by atoms with Crippen LogP contribution in [-0.4, -0.2) is 53.8 Å². The first-order chi connectivity index (χ1) is 8.34. The van der Waals surface area contributed by atoms with Crippen molar-refractivity contribution in [1.82, 2.24) is 9.80 Å². The van der Waals surface area contributed by atoms with Crippen LogP contribution in [0.5, 0.6) is 0 Å². The number of rotatable bonds is 3. The van der Waals surface area contributed by atoms with Gasteiger partial charge < -0.3 is 15.5 Å². The van der Waals surface area contributed by atoms with Crippen molar-refractivity contribution in [2.45, 2.75) is 45.7 Å². The van der Waals surface area contributed by atoms with Gasteiger partial charge >= 0.3 is 0 Å². The lowest BCUT2D eigenvalue weighted by molar-refractivity contribution is -0.139. The zero-order valence-corrected chi connectivity index (χ0v) is 11.8. The number of likely N-dealkylation sites (N-methyl/N-ethyl adjacent to an activating group) is 1. The molecule has 0 aliphatic carbocycles. The van der Waals surface area contributed by atoms with Gasteiger partial charge in [0.1, 0.15) is 0 Å². The van der Waals surface area contributed by atoms with Crippen LogP contribution in [0.1, 0.15) is 33.6 Å². The van der Waals surface area contributed by atoms with Crippen molar-refractivity contribution in [2.24, 2.45) is 11.7 Å². The zero-order chi connectivity index (χ0) is 13.9. The Hall–Kier alpha value is -1.10. The topological polar surface area (TPSA) is 66.6 Å². The van der Waals surface area contributed by atoms with E-state index >= 15 is 0 Å². The first-order valence-electron chi connectivity index (χ1n) is 6.62. The maximum absolute atomic E-state index is 12.2. The maximum Gasteiger partial charge on any atom is 0.239 e. The monoisotopic (exact) mass is 255 g/mol. The highest BCUT2D eigenvalue weighted by Gasteiger charge is 2.30. The van der Waals surface area contributed by atoms with E-state index in [4.69, 9.17) is 5.73 Å². The number of hydrogen-bond acceptors (Lipinski definition) is 3. The van der Waals surface area contributed by atoms with Gasteiger partial charge in [0.05, 0.1) is 6.04 Å². The summed E-state index contributed by atoms with van der Waals surface area (Å²) in [5.41, 5.74) is 5.90. The maximum atomic E-state index is 12.2. The molecule has 1 saturated heterocycles. The third-order valence-electron chi connectivity index (χ3n) is 3.76. The lowest BCUT2D eigenvalue weighted by Gasteiger charge is -2.38. The Morgan fingerprint density at radius 1 is 1.39 bits per heavy atom. The van der Waals surface area contributed by atoms with Crippen molar-refractivity contribution in [2.75, 3.05) is 20.1 Å². The van der Waals surface area contributed by atoms with Crippen LogP contribution in [0.15, 0.2) is 0 Å². The van der Waals surface area contributed by atoms with E-state index in [1.165, 1.54) is 0 Å². The minimum Gasteiger partial charge on any atom is -0.341 e. The molecule has 1 aliphatic rings. The van der Waals surface area contributed by atoms with Crippen molar-refractivity contribution in [3.8, 4) is 0 Å². The number of piperidine rings is 1. The van der Waals surface area contributed by atoms with E-state index in [2.05, 4.69) is 0 Å². The number of nitrogens with zero attached hydrogens (tertiary/aromatic N) is 2. The Morgan fingerprint density at radius 3 is 2.50 bits per heavy atom. The van der Waals surface area contributed by atoms with E-state index in [1.807, 2.05) is 13.8 Å². The Morgan fingerprint density at radius 2 is 2.00 bits per heavy atom. The Bertz CT molecular complexity index is 317. The van der Waals surface area contributed by atoms with Gasteiger partial charge in [-0.15, -0.1) is 0 Å². The van der Waals surface area contributed by atoms with Gasteiger partial charge in [-0.3, -0.25) is 9.59 Å². The molecule has 1 heterocycles. The van der Waals surface area contributed by atoms with E-state index < -0.39 is 6.04 Å². The van der Waals surface area contributed by atoms with Crippen molar-refractivity contribution in [1.29, 1.82) is 0 Å². The van der Waals surface area contributed by atoms with Crippen LogP contribution in [0.25, 0.3) is 0 Å². The molecule has 1 rings (SSSR count). The van der Waals surface area contributed by atoms with Crippen LogP contribution >= 0.6 is 0 Å². The number of carbonyl (C=O) groups excluding carboxylic acids is 2. The molecule has 2 atom stereocenters. The molecule has 0 radical (unpaired) electrons. The molecule has 1 aliphatic heterocycles. The van der Waals surface area contributed by atoms with Crippen molar-refractivity contribution in [3.63, 3.8) is 0 Å². The second-order valence-electron chi connectivity index (χ2n) is 5.48. The van der Waals surface area contributed by atoms with Gasteiger partial charge in [0.2, 0.25) is 11.8 Å². The summed E-state index contributed by atoms with van der Waals surface area (Å²) in [6.45, 7) is 6.81. The minimum atomic E-state index is -0.439. The SMILES string of the molecule is CC(=O)N(C)[C@H]1CCCN(C(=O)[C@@H](N)C(C)C)C1. The summed E-state index contributed by atoms with van der Waals surface area (Å²) in [6, 6.07) is -0.314. The predicted octanol–water partition coefficient (Wildman–Crippen LogP) is 0.439. The Labute approximate surface area is 109 Å². The second kappa shape index (κ2) is 6.18. The van der Waals surface area contributed by atoms with E-state index in [0.717, 1.165) is 19.4 Å². The molecule has 2 amide bonds. The molecular formula is C13H25N3O2. The summed E-state index contributed by atoms with van der Waals surface area (Å²) in [4.78, 5) is 27.1. The number of carbonyl (C=O) groups is 2. The average molecular weight is 255 g/mol. The fourth-order valence-electron chi connectivity index (χ4n) is 2.22. The fourth-order valence-corrected chi connectivity index (χ4v) is 2.22. The van der Waals surface area contributed by atoms with E-state index in [1.54, 1.807) is 23.8 Å².